The summed E-state index contributed by atoms with van der Waals surface area (Å²) < 4.78 is 5.33. The Bertz CT molecular complexity index is 690. The van der Waals surface area contributed by atoms with Crippen LogP contribution in [0.25, 0.3) is 0 Å². The van der Waals surface area contributed by atoms with E-state index in [2.05, 4.69) is 20.9 Å². The average Bonchev–Trinajstić information content (AvgIpc) is 3.21. The second-order valence-corrected chi connectivity index (χ2v) is 8.49. The lowest BCUT2D eigenvalue weighted by Crippen LogP contribution is -2.43. The maximum absolute atomic E-state index is 12.3. The Balaban J connectivity index is 0.00000480. The van der Waals surface area contributed by atoms with Crippen molar-refractivity contribution >= 4 is 35.8 Å². The maximum Gasteiger partial charge on any atom is 0.251 e. The fourth-order valence-electron chi connectivity index (χ4n) is 3.95. The number of methoxy groups -OCH3 is 1. The van der Waals surface area contributed by atoms with Crippen molar-refractivity contribution in [3.8, 4) is 0 Å². The van der Waals surface area contributed by atoms with Crippen molar-refractivity contribution in [3.05, 3.63) is 35.4 Å². The van der Waals surface area contributed by atoms with Crippen molar-refractivity contribution in [2.24, 2.45) is 10.4 Å². The molecule has 0 aromatic heterocycles. The fraction of sp³-hybridized carbons (Fsp3) is 0.652. The summed E-state index contributed by atoms with van der Waals surface area (Å²) in [7, 11) is 7.55. The summed E-state index contributed by atoms with van der Waals surface area (Å²) >= 11 is 0. The Morgan fingerprint density at radius 2 is 1.94 bits per heavy atom. The first-order chi connectivity index (χ1) is 14.5. The molecule has 0 aliphatic heterocycles. The Labute approximate surface area is 204 Å². The molecule has 1 aliphatic carbocycles. The monoisotopic (exact) mass is 545 g/mol. The van der Waals surface area contributed by atoms with Gasteiger partial charge in [-0.2, -0.15) is 0 Å². The second kappa shape index (κ2) is 14.6. The molecule has 0 heterocycles. The van der Waals surface area contributed by atoms with E-state index in [0.717, 1.165) is 37.6 Å². The van der Waals surface area contributed by atoms with Gasteiger partial charge in [-0.15, -0.1) is 24.0 Å². The summed E-state index contributed by atoms with van der Waals surface area (Å²) in [6.45, 7) is 3.78. The van der Waals surface area contributed by atoms with E-state index in [1.54, 1.807) is 14.2 Å². The van der Waals surface area contributed by atoms with E-state index in [1.165, 1.54) is 25.7 Å². The largest absolute Gasteiger partial charge is 0.385 e. The van der Waals surface area contributed by atoms with Gasteiger partial charge in [-0.1, -0.05) is 25.0 Å². The molecule has 1 amide bonds. The van der Waals surface area contributed by atoms with Crippen molar-refractivity contribution in [2.45, 2.75) is 38.6 Å². The van der Waals surface area contributed by atoms with Gasteiger partial charge >= 0.3 is 0 Å². The van der Waals surface area contributed by atoms with E-state index < -0.39 is 0 Å². The lowest BCUT2D eigenvalue weighted by atomic mass is 9.83. The van der Waals surface area contributed by atoms with E-state index in [9.17, 15) is 4.79 Å². The highest BCUT2D eigenvalue weighted by molar-refractivity contribution is 14.0. The van der Waals surface area contributed by atoms with Crippen LogP contribution in [0, 0.1) is 5.41 Å². The summed E-state index contributed by atoms with van der Waals surface area (Å²) in [4.78, 5) is 18.8. The van der Waals surface area contributed by atoms with E-state index in [-0.39, 0.29) is 29.9 Å². The molecule has 31 heavy (non-hydrogen) atoms. The van der Waals surface area contributed by atoms with Gasteiger partial charge in [0, 0.05) is 52.5 Å². The van der Waals surface area contributed by atoms with Gasteiger partial charge in [-0.25, -0.2) is 0 Å². The second-order valence-electron chi connectivity index (χ2n) is 8.49. The first-order valence-electron chi connectivity index (χ1n) is 10.9. The van der Waals surface area contributed by atoms with Crippen LogP contribution in [0.1, 0.15) is 48.0 Å². The summed E-state index contributed by atoms with van der Waals surface area (Å²) in [5.74, 6) is 0.752. The topological polar surface area (TPSA) is 78.0 Å². The van der Waals surface area contributed by atoms with Crippen LogP contribution in [0.15, 0.2) is 29.3 Å². The zero-order valence-corrected chi connectivity index (χ0v) is 21.8. The van der Waals surface area contributed by atoms with Gasteiger partial charge in [0.2, 0.25) is 0 Å². The number of benzene rings is 1. The van der Waals surface area contributed by atoms with Gasteiger partial charge < -0.3 is 25.6 Å². The molecule has 0 spiro atoms. The van der Waals surface area contributed by atoms with Crippen molar-refractivity contribution in [1.82, 2.24) is 20.9 Å². The van der Waals surface area contributed by atoms with E-state index >= 15 is 0 Å². The zero-order chi connectivity index (χ0) is 21.8. The van der Waals surface area contributed by atoms with Crippen LogP contribution >= 0.6 is 24.0 Å². The third-order valence-corrected chi connectivity index (χ3v) is 5.85. The predicted octanol–water partition coefficient (Wildman–Crippen LogP) is 2.86. The molecule has 1 aromatic carbocycles. The molecule has 7 nitrogen and oxygen atoms in total. The number of likely N-dealkylation sites (N-methyl/N-ethyl adjacent to an activating group) is 1. The number of nitrogens with one attached hydrogen (secondary N) is 3. The van der Waals surface area contributed by atoms with Gasteiger partial charge in [0.25, 0.3) is 5.91 Å². The number of nitrogens with zero attached hydrogens (tertiary/aromatic N) is 2. The van der Waals surface area contributed by atoms with Crippen molar-refractivity contribution in [2.75, 3.05) is 54.5 Å². The van der Waals surface area contributed by atoms with Gasteiger partial charge in [0.05, 0.1) is 0 Å². The fourth-order valence-corrected chi connectivity index (χ4v) is 3.95. The number of hydrogen-bond donors (Lipinski definition) is 3. The van der Waals surface area contributed by atoms with Gasteiger partial charge in [0.1, 0.15) is 0 Å². The van der Waals surface area contributed by atoms with Crippen LogP contribution in [-0.4, -0.2) is 71.3 Å². The highest BCUT2D eigenvalue weighted by Crippen LogP contribution is 2.40. The molecule has 0 bridgehead atoms. The number of halogens is 1. The molecule has 1 fully saturated rings. The Kier molecular flexibility index (Phi) is 13.0. The predicted molar refractivity (Wildman–Crippen MR) is 138 cm³/mol. The van der Waals surface area contributed by atoms with E-state index in [4.69, 9.17) is 4.74 Å². The van der Waals surface area contributed by atoms with Crippen molar-refractivity contribution in [1.29, 1.82) is 0 Å². The highest BCUT2D eigenvalue weighted by Gasteiger charge is 2.33. The molecule has 0 radical (unpaired) electrons. The van der Waals surface area contributed by atoms with Gasteiger partial charge in [-0.3, -0.25) is 9.79 Å². The lowest BCUT2D eigenvalue weighted by Gasteiger charge is -2.30. The Morgan fingerprint density at radius 3 is 2.58 bits per heavy atom. The Morgan fingerprint density at radius 1 is 1.19 bits per heavy atom. The molecule has 1 aromatic rings. The smallest absolute Gasteiger partial charge is 0.251 e. The standard InChI is InChI=1S/C23H39N5O2.HI/c1-24-22(27-18-23(12-15-30-4)10-5-6-11-23)26-17-19-8-7-9-20(16-19)21(29)25-13-14-28(2)3;/h7-9,16H,5-6,10-15,17-18H2,1-4H3,(H,25,29)(H2,24,26,27);1H. The van der Waals surface area contributed by atoms with Crippen molar-refractivity contribution in [3.63, 3.8) is 0 Å². The first kappa shape index (κ1) is 27.6. The summed E-state index contributed by atoms with van der Waals surface area (Å²) in [5, 5.41) is 9.84. The quantitative estimate of drug-likeness (QED) is 0.227. The normalized spacial score (nSPS) is 15.5. The molecule has 0 saturated heterocycles. The van der Waals surface area contributed by atoms with Crippen LogP contribution in [0.4, 0.5) is 0 Å². The van der Waals surface area contributed by atoms with Crippen LogP contribution < -0.4 is 16.0 Å². The molecular formula is C23H40IN5O2. The number of rotatable bonds is 11. The number of carbonyl (C=O) groups is 1. The molecular weight excluding hydrogens is 505 g/mol. The summed E-state index contributed by atoms with van der Waals surface area (Å²) in [6, 6.07) is 7.73. The van der Waals surface area contributed by atoms with Crippen LogP contribution in [-0.2, 0) is 11.3 Å². The molecule has 0 atom stereocenters. The molecule has 0 unspecified atom stereocenters. The number of aliphatic imine (C=N–C) groups is 1. The lowest BCUT2D eigenvalue weighted by molar-refractivity contribution is 0.0951. The Hall–Kier alpha value is -1.39. The van der Waals surface area contributed by atoms with Gasteiger partial charge in [-0.05, 0) is 56.5 Å². The summed E-state index contributed by atoms with van der Waals surface area (Å²) in [6.07, 6.45) is 6.15. The SMILES string of the molecule is CN=C(NCc1cccc(C(=O)NCCN(C)C)c1)NCC1(CCOC)CCCC1.I. The van der Waals surface area contributed by atoms with Crippen LogP contribution in [0.3, 0.4) is 0 Å². The maximum atomic E-state index is 12.3. The van der Waals surface area contributed by atoms with Crippen LogP contribution in [0.5, 0.6) is 0 Å². The third kappa shape index (κ3) is 9.74. The molecule has 176 valence electrons. The molecule has 8 heteroatoms. The summed E-state index contributed by atoms with van der Waals surface area (Å²) in [5.41, 5.74) is 2.03. The van der Waals surface area contributed by atoms with E-state index in [0.29, 0.717) is 24.1 Å². The number of guanidine groups is 1. The molecule has 3 N–H and O–H groups in total. The third-order valence-electron chi connectivity index (χ3n) is 5.85. The van der Waals surface area contributed by atoms with E-state index in [1.807, 2.05) is 43.3 Å². The molecule has 2 rings (SSSR count). The minimum Gasteiger partial charge on any atom is -0.385 e. The minimum absolute atomic E-state index is 0. The van der Waals surface area contributed by atoms with Crippen molar-refractivity contribution < 1.29 is 9.53 Å². The molecule has 1 aliphatic rings. The van der Waals surface area contributed by atoms with Gasteiger partial charge in [0.15, 0.2) is 5.96 Å². The number of carbonyl (C=O) groups excluding carboxylic acids is 1. The zero-order valence-electron chi connectivity index (χ0n) is 19.5. The highest BCUT2D eigenvalue weighted by atomic mass is 127. The minimum atomic E-state index is -0.0393. The molecule has 1 saturated carbocycles. The number of ether oxygens (including phenoxy) is 1. The van der Waals surface area contributed by atoms with Crippen LogP contribution in [0.2, 0.25) is 0 Å². The number of amides is 1. The first-order valence-corrected chi connectivity index (χ1v) is 10.9. The average molecular weight is 546 g/mol. The number of hydrogen-bond acceptors (Lipinski definition) is 4.